The van der Waals surface area contributed by atoms with Crippen LogP contribution in [0.25, 0.3) is 0 Å². The van der Waals surface area contributed by atoms with E-state index in [-0.39, 0.29) is 11.9 Å². The lowest BCUT2D eigenvalue weighted by molar-refractivity contribution is -0.161. The second kappa shape index (κ2) is 8.44. The van der Waals surface area contributed by atoms with Gasteiger partial charge in [-0.15, -0.1) is 0 Å². The number of methoxy groups -OCH3 is 2. The average molecular weight is 298 g/mol. The maximum Gasteiger partial charge on any atom is 0.330 e. The first-order chi connectivity index (χ1) is 10.0. The monoisotopic (exact) mass is 298 g/mol. The van der Waals surface area contributed by atoms with Gasteiger partial charge in [-0.3, -0.25) is 9.59 Å². The molecule has 0 aliphatic heterocycles. The SMILES string of the molecule is CCOC(=O)/C=C1\CCCC(C(C(=O)OC)C(=O)OC)C1. The molecule has 0 bridgehead atoms. The number of esters is 3. The van der Waals surface area contributed by atoms with Crippen LogP contribution in [0.15, 0.2) is 11.6 Å². The van der Waals surface area contributed by atoms with Crippen molar-refractivity contribution in [2.75, 3.05) is 20.8 Å². The summed E-state index contributed by atoms with van der Waals surface area (Å²) in [5.41, 5.74) is 0.891. The molecule has 0 radical (unpaired) electrons. The van der Waals surface area contributed by atoms with Crippen molar-refractivity contribution >= 4 is 17.9 Å². The molecule has 1 aliphatic rings. The van der Waals surface area contributed by atoms with Crippen molar-refractivity contribution in [3.8, 4) is 0 Å². The number of carbonyl (C=O) groups excluding carboxylic acids is 3. The number of ether oxygens (including phenoxy) is 3. The molecule has 0 amide bonds. The van der Waals surface area contributed by atoms with Gasteiger partial charge in [0.1, 0.15) is 0 Å². The van der Waals surface area contributed by atoms with Gasteiger partial charge in [-0.25, -0.2) is 4.79 Å². The molecule has 0 spiro atoms. The van der Waals surface area contributed by atoms with Crippen molar-refractivity contribution in [2.45, 2.75) is 32.6 Å². The molecule has 0 heterocycles. The molecule has 0 aromatic carbocycles. The first kappa shape index (κ1) is 17.2. The van der Waals surface area contributed by atoms with E-state index in [4.69, 9.17) is 14.2 Å². The maximum atomic E-state index is 11.8. The highest BCUT2D eigenvalue weighted by Gasteiger charge is 2.38. The lowest BCUT2D eigenvalue weighted by Gasteiger charge is -2.28. The molecule has 6 nitrogen and oxygen atoms in total. The van der Waals surface area contributed by atoms with Crippen molar-refractivity contribution in [2.24, 2.45) is 11.8 Å². The van der Waals surface area contributed by atoms with Crippen molar-refractivity contribution < 1.29 is 28.6 Å². The van der Waals surface area contributed by atoms with E-state index in [1.54, 1.807) is 6.92 Å². The molecule has 1 rings (SSSR count). The van der Waals surface area contributed by atoms with Crippen LogP contribution in [0.2, 0.25) is 0 Å². The first-order valence-electron chi connectivity index (χ1n) is 7.05. The molecule has 0 saturated heterocycles. The lowest BCUT2D eigenvalue weighted by atomic mass is 9.77. The van der Waals surface area contributed by atoms with E-state index in [1.165, 1.54) is 20.3 Å². The van der Waals surface area contributed by atoms with E-state index in [9.17, 15) is 14.4 Å². The summed E-state index contributed by atoms with van der Waals surface area (Å²) >= 11 is 0. The zero-order chi connectivity index (χ0) is 15.8. The van der Waals surface area contributed by atoms with Crippen LogP contribution < -0.4 is 0 Å². The fourth-order valence-corrected chi connectivity index (χ4v) is 2.63. The molecule has 0 aromatic heterocycles. The van der Waals surface area contributed by atoms with Crippen LogP contribution in [0.1, 0.15) is 32.6 Å². The normalized spacial score (nSPS) is 20.2. The smallest absolute Gasteiger partial charge is 0.330 e. The predicted octanol–water partition coefficient (Wildman–Crippen LogP) is 1.63. The molecule has 1 unspecified atom stereocenters. The fraction of sp³-hybridized carbons (Fsp3) is 0.667. The molecule has 0 aromatic rings. The zero-order valence-corrected chi connectivity index (χ0v) is 12.7. The Balaban J connectivity index is 2.83. The van der Waals surface area contributed by atoms with Crippen LogP contribution in [0.5, 0.6) is 0 Å². The van der Waals surface area contributed by atoms with Gasteiger partial charge in [-0.05, 0) is 38.5 Å². The molecule has 0 N–H and O–H groups in total. The number of rotatable bonds is 5. The van der Waals surface area contributed by atoms with E-state index in [1.807, 2.05) is 0 Å². The fourth-order valence-electron chi connectivity index (χ4n) is 2.63. The van der Waals surface area contributed by atoms with Gasteiger partial charge in [-0.2, -0.15) is 0 Å². The molecule has 6 heteroatoms. The molecule has 1 fully saturated rings. The molecular weight excluding hydrogens is 276 g/mol. The molecule has 118 valence electrons. The molecule has 1 aliphatic carbocycles. The van der Waals surface area contributed by atoms with Crippen LogP contribution in [0, 0.1) is 11.8 Å². The lowest BCUT2D eigenvalue weighted by Crippen LogP contribution is -2.35. The van der Waals surface area contributed by atoms with Crippen LogP contribution in [0.4, 0.5) is 0 Å². The third-order valence-corrected chi connectivity index (χ3v) is 3.59. The molecule has 1 atom stereocenters. The van der Waals surface area contributed by atoms with E-state index in [0.717, 1.165) is 24.8 Å². The van der Waals surface area contributed by atoms with Gasteiger partial charge >= 0.3 is 17.9 Å². The highest BCUT2D eigenvalue weighted by Crippen LogP contribution is 2.34. The van der Waals surface area contributed by atoms with Gasteiger partial charge in [0.25, 0.3) is 0 Å². The summed E-state index contributed by atoms with van der Waals surface area (Å²) in [5.74, 6) is -2.72. The van der Waals surface area contributed by atoms with E-state index < -0.39 is 17.9 Å². The van der Waals surface area contributed by atoms with Crippen LogP contribution in [-0.4, -0.2) is 38.7 Å². The molecule has 21 heavy (non-hydrogen) atoms. The van der Waals surface area contributed by atoms with Crippen LogP contribution in [0.3, 0.4) is 0 Å². The first-order valence-corrected chi connectivity index (χ1v) is 7.05. The second-order valence-corrected chi connectivity index (χ2v) is 4.94. The summed E-state index contributed by atoms with van der Waals surface area (Å²) in [7, 11) is 2.49. The Hall–Kier alpha value is -1.85. The Labute approximate surface area is 124 Å². The van der Waals surface area contributed by atoms with Gasteiger partial charge in [-0.1, -0.05) is 5.57 Å². The Bertz CT molecular complexity index is 410. The average Bonchev–Trinajstić information content (AvgIpc) is 2.47. The Morgan fingerprint density at radius 1 is 1.24 bits per heavy atom. The number of hydrogen-bond donors (Lipinski definition) is 0. The Kier molecular flexibility index (Phi) is 6.91. The molecular formula is C15H22O6. The number of carbonyl (C=O) groups is 3. The number of allylic oxidation sites excluding steroid dienone is 1. The van der Waals surface area contributed by atoms with Gasteiger partial charge in [0.2, 0.25) is 0 Å². The largest absolute Gasteiger partial charge is 0.468 e. The topological polar surface area (TPSA) is 78.9 Å². The van der Waals surface area contributed by atoms with Gasteiger partial charge in [0.15, 0.2) is 5.92 Å². The Morgan fingerprint density at radius 2 is 1.86 bits per heavy atom. The standard InChI is InChI=1S/C15H22O6/c1-4-21-12(16)9-10-6-5-7-11(8-10)13(14(17)19-2)15(18)20-3/h9,11,13H,4-8H2,1-3H3/b10-9+. The van der Waals surface area contributed by atoms with Crippen molar-refractivity contribution in [3.05, 3.63) is 11.6 Å². The molecule has 1 saturated carbocycles. The number of hydrogen-bond acceptors (Lipinski definition) is 6. The second-order valence-electron chi connectivity index (χ2n) is 4.94. The summed E-state index contributed by atoms with van der Waals surface area (Å²) in [6.45, 7) is 2.06. The Morgan fingerprint density at radius 3 is 2.38 bits per heavy atom. The minimum absolute atomic E-state index is 0.209. The summed E-state index contributed by atoms with van der Waals surface area (Å²) in [6.07, 6.45) is 4.24. The minimum atomic E-state index is -0.939. The van der Waals surface area contributed by atoms with Crippen molar-refractivity contribution in [1.29, 1.82) is 0 Å². The summed E-state index contributed by atoms with van der Waals surface area (Å²) in [4.78, 5) is 35.1. The van der Waals surface area contributed by atoms with Gasteiger partial charge in [0, 0.05) is 6.08 Å². The third-order valence-electron chi connectivity index (χ3n) is 3.59. The van der Waals surface area contributed by atoms with E-state index >= 15 is 0 Å². The predicted molar refractivity (Wildman–Crippen MR) is 74.2 cm³/mol. The van der Waals surface area contributed by atoms with Crippen LogP contribution in [-0.2, 0) is 28.6 Å². The summed E-state index contributed by atoms with van der Waals surface area (Å²) in [6, 6.07) is 0. The van der Waals surface area contributed by atoms with Crippen LogP contribution >= 0.6 is 0 Å². The quantitative estimate of drug-likeness (QED) is 0.332. The minimum Gasteiger partial charge on any atom is -0.468 e. The zero-order valence-electron chi connectivity index (χ0n) is 12.7. The van der Waals surface area contributed by atoms with Crippen molar-refractivity contribution in [3.63, 3.8) is 0 Å². The van der Waals surface area contributed by atoms with Crippen molar-refractivity contribution in [1.82, 2.24) is 0 Å². The van der Waals surface area contributed by atoms with Gasteiger partial charge < -0.3 is 14.2 Å². The summed E-state index contributed by atoms with van der Waals surface area (Å²) < 4.78 is 14.3. The van der Waals surface area contributed by atoms with E-state index in [0.29, 0.717) is 13.0 Å². The van der Waals surface area contributed by atoms with E-state index in [2.05, 4.69) is 0 Å². The highest BCUT2D eigenvalue weighted by molar-refractivity contribution is 5.95. The highest BCUT2D eigenvalue weighted by atomic mass is 16.5. The third kappa shape index (κ3) is 4.88. The summed E-state index contributed by atoms with van der Waals surface area (Å²) in [5, 5.41) is 0. The van der Waals surface area contributed by atoms with Gasteiger partial charge in [0.05, 0.1) is 20.8 Å². The maximum absolute atomic E-state index is 11.8.